The molecular formula is C10H12INO2. The molecule has 0 amide bonds. The van der Waals surface area contributed by atoms with Gasteiger partial charge in [0.05, 0.1) is 11.7 Å². The molecule has 0 bridgehead atoms. The third kappa shape index (κ3) is 2.94. The molecule has 0 unspecified atom stereocenters. The van der Waals surface area contributed by atoms with Crippen LogP contribution in [0, 0.1) is 10.6 Å². The molecule has 1 aromatic heterocycles. The van der Waals surface area contributed by atoms with Crippen molar-refractivity contribution in [2.24, 2.45) is 0 Å². The number of ether oxygens (including phenoxy) is 1. The zero-order valence-corrected chi connectivity index (χ0v) is 10.5. The molecule has 0 radical (unpaired) electrons. The lowest BCUT2D eigenvalue weighted by molar-refractivity contribution is 0.0377. The maximum absolute atomic E-state index is 11.5. The minimum absolute atomic E-state index is 0.0953. The fraction of sp³-hybridized carbons (Fsp3) is 0.400. The summed E-state index contributed by atoms with van der Waals surface area (Å²) in [4.78, 5) is 15.5. The second kappa shape index (κ2) is 4.72. The molecule has 0 aliphatic heterocycles. The number of aryl methyl sites for hydroxylation is 1. The lowest BCUT2D eigenvalue weighted by Crippen LogP contribution is -2.12. The van der Waals surface area contributed by atoms with Crippen LogP contribution < -0.4 is 0 Å². The number of carbonyl (C=O) groups excluding carboxylic acids is 1. The molecule has 0 spiro atoms. The summed E-state index contributed by atoms with van der Waals surface area (Å²) in [5, 5.41) is 0. The quantitative estimate of drug-likeness (QED) is 0.479. The van der Waals surface area contributed by atoms with Gasteiger partial charge in [0.15, 0.2) is 0 Å². The summed E-state index contributed by atoms with van der Waals surface area (Å²) < 4.78 is 5.96. The summed E-state index contributed by atoms with van der Waals surface area (Å²) in [5.74, 6) is -0.313. The minimum atomic E-state index is -0.313. The zero-order valence-electron chi connectivity index (χ0n) is 8.37. The van der Waals surface area contributed by atoms with E-state index >= 15 is 0 Å². The van der Waals surface area contributed by atoms with Crippen molar-refractivity contribution in [3.63, 3.8) is 0 Å². The summed E-state index contributed by atoms with van der Waals surface area (Å²) in [5.41, 5.74) is 1.50. The molecule has 0 N–H and O–H groups in total. The number of nitrogens with zero attached hydrogens (tertiary/aromatic N) is 1. The molecule has 0 saturated heterocycles. The molecule has 14 heavy (non-hydrogen) atoms. The van der Waals surface area contributed by atoms with Crippen molar-refractivity contribution in [3.8, 4) is 0 Å². The van der Waals surface area contributed by atoms with E-state index in [2.05, 4.69) is 27.6 Å². The Morgan fingerprint density at radius 2 is 2.21 bits per heavy atom. The number of halogens is 1. The highest BCUT2D eigenvalue weighted by atomic mass is 127. The van der Waals surface area contributed by atoms with Gasteiger partial charge >= 0.3 is 5.97 Å². The number of hydrogen-bond acceptors (Lipinski definition) is 3. The third-order valence-corrected chi connectivity index (χ3v) is 2.72. The highest BCUT2D eigenvalue weighted by Gasteiger charge is 2.10. The first-order valence-corrected chi connectivity index (χ1v) is 5.41. The average molecular weight is 305 g/mol. The van der Waals surface area contributed by atoms with Crippen LogP contribution in [-0.2, 0) is 4.74 Å². The second-order valence-electron chi connectivity index (χ2n) is 3.29. The maximum atomic E-state index is 11.5. The summed E-state index contributed by atoms with van der Waals surface area (Å²) >= 11 is 2.13. The number of pyridine rings is 1. The van der Waals surface area contributed by atoms with Crippen LogP contribution in [0.2, 0.25) is 0 Å². The van der Waals surface area contributed by atoms with Gasteiger partial charge in [-0.05, 0) is 55.0 Å². The number of hydrogen-bond donors (Lipinski definition) is 0. The number of aromatic nitrogens is 1. The molecular weight excluding hydrogens is 293 g/mol. The van der Waals surface area contributed by atoms with Gasteiger partial charge in [0, 0.05) is 6.20 Å². The van der Waals surface area contributed by atoms with Gasteiger partial charge in [0.25, 0.3) is 0 Å². The molecule has 1 aromatic rings. The first-order valence-electron chi connectivity index (χ1n) is 4.34. The van der Waals surface area contributed by atoms with Gasteiger partial charge in [-0.2, -0.15) is 0 Å². The topological polar surface area (TPSA) is 39.2 Å². The predicted molar refractivity (Wildman–Crippen MR) is 62.2 cm³/mol. The minimum Gasteiger partial charge on any atom is -0.459 e. The molecule has 3 nitrogen and oxygen atoms in total. The Hall–Kier alpha value is -0.650. The van der Waals surface area contributed by atoms with E-state index in [9.17, 15) is 4.79 Å². The lowest BCUT2D eigenvalue weighted by Gasteiger charge is -2.08. The molecule has 0 aromatic carbocycles. The molecule has 1 rings (SSSR count). The van der Waals surface area contributed by atoms with Crippen LogP contribution in [0.1, 0.15) is 29.8 Å². The Kier molecular flexibility index (Phi) is 3.86. The molecule has 0 saturated carbocycles. The van der Waals surface area contributed by atoms with Crippen LogP contribution in [0.15, 0.2) is 12.3 Å². The van der Waals surface area contributed by atoms with Crippen LogP contribution in [0.3, 0.4) is 0 Å². The van der Waals surface area contributed by atoms with Gasteiger partial charge in [0.2, 0.25) is 0 Å². The first-order chi connectivity index (χ1) is 6.50. The van der Waals surface area contributed by atoms with Crippen LogP contribution in [0.4, 0.5) is 0 Å². The van der Waals surface area contributed by atoms with Crippen molar-refractivity contribution in [1.29, 1.82) is 0 Å². The normalized spacial score (nSPS) is 10.4. The summed E-state index contributed by atoms with van der Waals surface area (Å²) in [6.07, 6.45) is 1.45. The summed E-state index contributed by atoms with van der Waals surface area (Å²) in [6.45, 7) is 5.57. The molecule has 0 aliphatic rings. The summed E-state index contributed by atoms with van der Waals surface area (Å²) in [6, 6.07) is 1.79. The highest BCUT2D eigenvalue weighted by molar-refractivity contribution is 14.1. The van der Waals surface area contributed by atoms with Crippen molar-refractivity contribution < 1.29 is 9.53 Å². The van der Waals surface area contributed by atoms with Crippen LogP contribution in [-0.4, -0.2) is 17.1 Å². The Bertz CT molecular complexity index is 350. The van der Waals surface area contributed by atoms with Gasteiger partial charge < -0.3 is 4.74 Å². The van der Waals surface area contributed by atoms with Gasteiger partial charge in [-0.15, -0.1) is 0 Å². The van der Waals surface area contributed by atoms with Gasteiger partial charge in [-0.25, -0.2) is 9.78 Å². The predicted octanol–water partition coefficient (Wildman–Crippen LogP) is 2.56. The smallest absolute Gasteiger partial charge is 0.339 e. The monoisotopic (exact) mass is 305 g/mol. The van der Waals surface area contributed by atoms with Crippen molar-refractivity contribution in [3.05, 3.63) is 27.1 Å². The van der Waals surface area contributed by atoms with Gasteiger partial charge in [-0.1, -0.05) is 0 Å². The van der Waals surface area contributed by atoms with E-state index < -0.39 is 0 Å². The Morgan fingerprint density at radius 3 is 2.71 bits per heavy atom. The number of carbonyl (C=O) groups is 1. The van der Waals surface area contributed by atoms with Crippen LogP contribution >= 0.6 is 22.6 Å². The van der Waals surface area contributed by atoms with E-state index in [4.69, 9.17) is 4.74 Å². The standard InChI is InChI=1S/C10H12INO2/c1-6(2)14-10(13)8-4-7(3)9(11)12-5-8/h4-6H,1-3H3. The first kappa shape index (κ1) is 11.4. The van der Waals surface area contributed by atoms with Crippen molar-refractivity contribution in [1.82, 2.24) is 4.98 Å². The van der Waals surface area contributed by atoms with Crippen molar-refractivity contribution in [2.45, 2.75) is 26.9 Å². The van der Waals surface area contributed by atoms with Crippen molar-refractivity contribution in [2.75, 3.05) is 0 Å². The third-order valence-electron chi connectivity index (χ3n) is 1.59. The zero-order chi connectivity index (χ0) is 10.7. The van der Waals surface area contributed by atoms with E-state index in [1.54, 1.807) is 12.3 Å². The highest BCUT2D eigenvalue weighted by Crippen LogP contribution is 2.11. The van der Waals surface area contributed by atoms with E-state index in [-0.39, 0.29) is 12.1 Å². The van der Waals surface area contributed by atoms with Gasteiger partial charge in [0.1, 0.15) is 3.70 Å². The SMILES string of the molecule is Cc1cc(C(=O)OC(C)C)cnc1I. The number of esters is 1. The Labute approximate surface area is 97.0 Å². The Balaban J connectivity index is 2.86. The fourth-order valence-corrected chi connectivity index (χ4v) is 1.25. The van der Waals surface area contributed by atoms with E-state index in [0.29, 0.717) is 5.56 Å². The molecule has 0 fully saturated rings. The molecule has 4 heteroatoms. The van der Waals surface area contributed by atoms with E-state index in [0.717, 1.165) is 9.26 Å². The number of rotatable bonds is 2. The van der Waals surface area contributed by atoms with E-state index in [1.807, 2.05) is 20.8 Å². The largest absolute Gasteiger partial charge is 0.459 e. The second-order valence-corrected chi connectivity index (χ2v) is 4.31. The molecule has 0 aliphatic carbocycles. The maximum Gasteiger partial charge on any atom is 0.339 e. The van der Waals surface area contributed by atoms with Crippen LogP contribution in [0.25, 0.3) is 0 Å². The average Bonchev–Trinajstić information content (AvgIpc) is 2.08. The lowest BCUT2D eigenvalue weighted by atomic mass is 10.2. The van der Waals surface area contributed by atoms with Gasteiger partial charge in [-0.3, -0.25) is 0 Å². The summed E-state index contributed by atoms with van der Waals surface area (Å²) in [7, 11) is 0. The Morgan fingerprint density at radius 1 is 1.57 bits per heavy atom. The van der Waals surface area contributed by atoms with Crippen molar-refractivity contribution >= 4 is 28.6 Å². The molecule has 0 atom stereocenters. The molecule has 1 heterocycles. The fourth-order valence-electron chi connectivity index (χ4n) is 0.952. The van der Waals surface area contributed by atoms with Crippen LogP contribution in [0.5, 0.6) is 0 Å². The molecule has 76 valence electrons. The van der Waals surface area contributed by atoms with E-state index in [1.165, 1.54) is 0 Å².